The molecule has 2 aromatic rings. The summed E-state index contributed by atoms with van der Waals surface area (Å²) in [5, 5.41) is 9.43. The minimum absolute atomic E-state index is 0.0475. The van der Waals surface area contributed by atoms with Crippen molar-refractivity contribution in [1.29, 1.82) is 0 Å². The zero-order valence-electron chi connectivity index (χ0n) is 17.3. The van der Waals surface area contributed by atoms with Gasteiger partial charge in [0.05, 0.1) is 19.8 Å². The quantitative estimate of drug-likeness (QED) is 0.711. The predicted molar refractivity (Wildman–Crippen MR) is 107 cm³/mol. The molecule has 0 bridgehead atoms. The third-order valence-corrected chi connectivity index (χ3v) is 4.16. The van der Waals surface area contributed by atoms with Crippen LogP contribution in [-0.4, -0.2) is 36.9 Å². The highest BCUT2D eigenvalue weighted by Gasteiger charge is 2.36. The molecule has 0 aliphatic heterocycles. The highest BCUT2D eigenvalue weighted by atomic mass is 16.5. The maximum atomic E-state index is 13.0. The third-order valence-electron chi connectivity index (χ3n) is 4.16. The average molecular weight is 386 g/mol. The summed E-state index contributed by atoms with van der Waals surface area (Å²) in [5.41, 5.74) is 0.677. The highest BCUT2D eigenvalue weighted by molar-refractivity contribution is 6.30. The van der Waals surface area contributed by atoms with Crippen LogP contribution in [0.15, 0.2) is 24.3 Å². The van der Waals surface area contributed by atoms with Crippen molar-refractivity contribution in [3.63, 3.8) is 0 Å². The minimum Gasteiger partial charge on any atom is -0.496 e. The Labute approximate surface area is 165 Å². The zero-order chi connectivity index (χ0) is 21.6. The van der Waals surface area contributed by atoms with Gasteiger partial charge < -0.3 is 14.6 Å². The monoisotopic (exact) mass is 386 g/mol. The van der Waals surface area contributed by atoms with E-state index in [-0.39, 0.29) is 50.7 Å². The Morgan fingerprint density at radius 3 is 1.93 bits per heavy atom. The van der Waals surface area contributed by atoms with E-state index in [1.165, 1.54) is 27.2 Å². The van der Waals surface area contributed by atoms with E-state index in [4.69, 9.17) is 9.47 Å². The first-order valence-corrected chi connectivity index (χ1v) is 9.13. The molecule has 6 nitrogen and oxygen atoms in total. The van der Waals surface area contributed by atoms with Gasteiger partial charge in [0, 0.05) is 16.7 Å². The standard InChI is InChI=1S/C18H14O6.2C2H6/c1-8-13-10(7-12(24-3)14(8)18(21)22)16(19)9-5-4-6-11(23-2)15(9)17(13)20;2*1-2/h4-7H,1-3H3,(H,21,22);2*1-2H3. The van der Waals surface area contributed by atoms with Gasteiger partial charge in [0.15, 0.2) is 11.6 Å². The lowest BCUT2D eigenvalue weighted by molar-refractivity contribution is 0.0692. The predicted octanol–water partition coefficient (Wildman–Crippen LogP) is 4.54. The molecule has 1 N–H and O–H groups in total. The van der Waals surface area contributed by atoms with Gasteiger partial charge in [0.1, 0.15) is 17.1 Å². The molecule has 6 heteroatoms. The van der Waals surface area contributed by atoms with Gasteiger partial charge in [0.25, 0.3) is 0 Å². The Morgan fingerprint density at radius 2 is 1.43 bits per heavy atom. The summed E-state index contributed by atoms with van der Waals surface area (Å²) in [4.78, 5) is 37.3. The molecule has 0 saturated heterocycles. The number of fused-ring (bicyclic) bond motifs is 2. The molecule has 0 heterocycles. The van der Waals surface area contributed by atoms with Crippen LogP contribution in [0.3, 0.4) is 0 Å². The number of rotatable bonds is 3. The molecule has 2 aromatic carbocycles. The lowest BCUT2D eigenvalue weighted by Crippen LogP contribution is -2.24. The normalized spacial score (nSPS) is 11.1. The van der Waals surface area contributed by atoms with E-state index in [1.807, 2.05) is 27.7 Å². The molecule has 0 fully saturated rings. The average Bonchev–Trinajstić information content (AvgIpc) is 2.73. The van der Waals surface area contributed by atoms with Gasteiger partial charge in [-0.15, -0.1) is 0 Å². The number of benzene rings is 2. The first-order valence-electron chi connectivity index (χ1n) is 9.13. The number of ether oxygens (including phenoxy) is 2. The number of hydrogen-bond donors (Lipinski definition) is 1. The van der Waals surface area contributed by atoms with E-state index in [9.17, 15) is 19.5 Å². The molecule has 0 spiro atoms. The molecule has 0 saturated carbocycles. The Morgan fingerprint density at radius 1 is 0.857 bits per heavy atom. The summed E-state index contributed by atoms with van der Waals surface area (Å²) in [5.74, 6) is -1.69. The number of ketones is 2. The first-order chi connectivity index (χ1) is 13.4. The maximum absolute atomic E-state index is 13.0. The van der Waals surface area contributed by atoms with Crippen molar-refractivity contribution in [3.05, 3.63) is 57.6 Å². The lowest BCUT2D eigenvalue weighted by Gasteiger charge is -2.23. The van der Waals surface area contributed by atoms with Gasteiger partial charge in [0.2, 0.25) is 0 Å². The van der Waals surface area contributed by atoms with Crippen LogP contribution in [0.5, 0.6) is 11.5 Å². The lowest BCUT2D eigenvalue weighted by atomic mass is 9.80. The topological polar surface area (TPSA) is 89.9 Å². The van der Waals surface area contributed by atoms with Crippen LogP contribution in [0.2, 0.25) is 0 Å². The number of carboxylic acids is 1. The summed E-state index contributed by atoms with van der Waals surface area (Å²) in [7, 11) is 2.73. The molecule has 3 rings (SSSR count). The molecule has 0 atom stereocenters. The molecule has 0 radical (unpaired) electrons. The number of carbonyl (C=O) groups is 3. The van der Waals surface area contributed by atoms with E-state index in [0.717, 1.165) is 0 Å². The Balaban J connectivity index is 0.000000921. The van der Waals surface area contributed by atoms with Crippen molar-refractivity contribution < 1.29 is 29.0 Å². The van der Waals surface area contributed by atoms with Crippen molar-refractivity contribution in [1.82, 2.24) is 0 Å². The second kappa shape index (κ2) is 9.69. The minimum atomic E-state index is -1.22. The van der Waals surface area contributed by atoms with Crippen LogP contribution in [0, 0.1) is 6.92 Å². The van der Waals surface area contributed by atoms with E-state index >= 15 is 0 Å². The SMILES string of the molecule is CC.CC.COc1cccc2c1C(=O)c1c(cc(OC)c(C(=O)O)c1C)C2=O. The van der Waals surface area contributed by atoms with Crippen LogP contribution >= 0.6 is 0 Å². The molecule has 1 aliphatic carbocycles. The number of carboxylic acid groups (broad SMARTS) is 1. The van der Waals surface area contributed by atoms with Crippen LogP contribution in [0.25, 0.3) is 0 Å². The number of methoxy groups -OCH3 is 2. The van der Waals surface area contributed by atoms with Gasteiger partial charge in [-0.3, -0.25) is 9.59 Å². The molecular weight excluding hydrogens is 360 g/mol. The summed E-state index contributed by atoms with van der Waals surface area (Å²) >= 11 is 0. The summed E-state index contributed by atoms with van der Waals surface area (Å²) in [6.07, 6.45) is 0. The van der Waals surface area contributed by atoms with Crippen molar-refractivity contribution in [3.8, 4) is 11.5 Å². The van der Waals surface area contributed by atoms with Gasteiger partial charge >= 0.3 is 5.97 Å². The summed E-state index contributed by atoms with van der Waals surface area (Å²) in [6, 6.07) is 6.08. The van der Waals surface area contributed by atoms with E-state index in [2.05, 4.69) is 0 Å². The second-order valence-corrected chi connectivity index (χ2v) is 5.35. The van der Waals surface area contributed by atoms with Crippen LogP contribution in [0.4, 0.5) is 0 Å². The summed E-state index contributed by atoms with van der Waals surface area (Å²) < 4.78 is 10.3. The smallest absolute Gasteiger partial charge is 0.339 e. The fourth-order valence-corrected chi connectivity index (χ4v) is 3.08. The Bertz CT molecular complexity index is 912. The van der Waals surface area contributed by atoms with E-state index in [0.29, 0.717) is 0 Å². The van der Waals surface area contributed by atoms with Gasteiger partial charge in [-0.05, 0) is 24.6 Å². The van der Waals surface area contributed by atoms with Gasteiger partial charge in [-0.2, -0.15) is 0 Å². The number of hydrogen-bond acceptors (Lipinski definition) is 5. The molecule has 28 heavy (non-hydrogen) atoms. The molecule has 0 amide bonds. The fraction of sp³-hybridized carbons (Fsp3) is 0.318. The summed E-state index contributed by atoms with van der Waals surface area (Å²) in [6.45, 7) is 9.50. The van der Waals surface area contributed by atoms with Crippen LogP contribution < -0.4 is 9.47 Å². The van der Waals surface area contributed by atoms with E-state index in [1.54, 1.807) is 18.2 Å². The molecule has 0 unspecified atom stereocenters. The number of aromatic carboxylic acids is 1. The fourth-order valence-electron chi connectivity index (χ4n) is 3.08. The molecule has 150 valence electrons. The second-order valence-electron chi connectivity index (χ2n) is 5.35. The molecule has 1 aliphatic rings. The van der Waals surface area contributed by atoms with Crippen molar-refractivity contribution in [2.75, 3.05) is 14.2 Å². The first kappa shape index (κ1) is 22.9. The Hall–Kier alpha value is -3.15. The number of carbonyl (C=O) groups excluding carboxylic acids is 2. The largest absolute Gasteiger partial charge is 0.496 e. The Kier molecular flexibility index (Phi) is 7.92. The maximum Gasteiger partial charge on any atom is 0.339 e. The van der Waals surface area contributed by atoms with Crippen molar-refractivity contribution >= 4 is 17.5 Å². The molecular formula is C22H26O6. The van der Waals surface area contributed by atoms with Crippen LogP contribution in [-0.2, 0) is 0 Å². The van der Waals surface area contributed by atoms with Gasteiger partial charge in [-0.1, -0.05) is 39.8 Å². The van der Waals surface area contributed by atoms with Crippen molar-refractivity contribution in [2.24, 2.45) is 0 Å². The van der Waals surface area contributed by atoms with E-state index < -0.39 is 11.8 Å². The molecule has 0 aromatic heterocycles. The highest BCUT2D eigenvalue weighted by Crippen LogP contribution is 2.38. The van der Waals surface area contributed by atoms with Crippen molar-refractivity contribution in [2.45, 2.75) is 34.6 Å². The zero-order valence-corrected chi connectivity index (χ0v) is 17.3. The van der Waals surface area contributed by atoms with Crippen LogP contribution in [0.1, 0.15) is 75.5 Å². The third kappa shape index (κ3) is 3.63. The van der Waals surface area contributed by atoms with Gasteiger partial charge in [-0.25, -0.2) is 4.79 Å².